The van der Waals surface area contributed by atoms with Gasteiger partial charge in [0.1, 0.15) is 11.8 Å². The molecule has 0 saturated heterocycles. The highest BCUT2D eigenvalue weighted by atomic mass is 16.5. The van der Waals surface area contributed by atoms with Gasteiger partial charge in [0.05, 0.1) is 22.8 Å². The first-order valence-electron chi connectivity index (χ1n) is 7.71. The van der Waals surface area contributed by atoms with E-state index in [1.807, 2.05) is 12.1 Å². The van der Waals surface area contributed by atoms with Gasteiger partial charge in [-0.05, 0) is 24.3 Å². The van der Waals surface area contributed by atoms with Crippen molar-refractivity contribution in [3.05, 3.63) is 53.9 Å². The Labute approximate surface area is 142 Å². The third-order valence-electron chi connectivity index (χ3n) is 4.31. The third-order valence-corrected chi connectivity index (χ3v) is 4.31. The second kappa shape index (κ2) is 4.70. The first-order valence-corrected chi connectivity index (χ1v) is 7.71. The zero-order chi connectivity index (χ0) is 17.1. The van der Waals surface area contributed by atoms with Crippen LogP contribution in [0.2, 0.25) is 0 Å². The van der Waals surface area contributed by atoms with Crippen LogP contribution in [0.15, 0.2) is 53.9 Å². The number of anilines is 3. The maximum absolute atomic E-state index is 11.7. The summed E-state index contributed by atoms with van der Waals surface area (Å²) in [5.41, 5.74) is 8.06. The molecule has 2 aromatic rings. The lowest BCUT2D eigenvalue weighted by Crippen LogP contribution is -2.33. The van der Waals surface area contributed by atoms with Crippen LogP contribution in [0.3, 0.4) is 0 Å². The van der Waals surface area contributed by atoms with E-state index >= 15 is 0 Å². The van der Waals surface area contributed by atoms with Gasteiger partial charge in [0, 0.05) is 12.1 Å². The number of hydrogen-bond acceptors (Lipinski definition) is 7. The van der Waals surface area contributed by atoms with E-state index in [9.17, 15) is 9.90 Å². The maximum atomic E-state index is 11.7. The van der Waals surface area contributed by atoms with Crippen LogP contribution >= 0.6 is 0 Å². The van der Waals surface area contributed by atoms with Crippen molar-refractivity contribution in [2.45, 2.75) is 6.04 Å². The minimum atomic E-state index is -0.288. The Bertz CT molecular complexity index is 1010. The Morgan fingerprint density at radius 1 is 1.08 bits per heavy atom. The number of carbonyl (C=O) groups excluding carboxylic acids is 1. The normalized spacial score (nSPS) is 19.4. The number of carbonyl (C=O) groups is 1. The van der Waals surface area contributed by atoms with Gasteiger partial charge in [0.15, 0.2) is 23.0 Å². The molecule has 0 radical (unpaired) electrons. The number of phenols is 1. The quantitative estimate of drug-likeness (QED) is 0.500. The van der Waals surface area contributed by atoms with Crippen LogP contribution in [0, 0.1) is 0 Å². The summed E-state index contributed by atoms with van der Waals surface area (Å²) in [5.74, 6) is 1.67. The molecular formula is C18H13N3O4. The third kappa shape index (κ3) is 2.02. The molecule has 1 unspecified atom stereocenters. The zero-order valence-corrected chi connectivity index (χ0v) is 12.9. The molecule has 124 valence electrons. The van der Waals surface area contributed by atoms with E-state index in [0.717, 1.165) is 11.4 Å². The van der Waals surface area contributed by atoms with Gasteiger partial charge in [-0.25, -0.2) is 0 Å². The molecule has 2 heterocycles. The second-order valence-electron chi connectivity index (χ2n) is 5.98. The Kier molecular flexibility index (Phi) is 2.59. The van der Waals surface area contributed by atoms with E-state index in [4.69, 9.17) is 15.2 Å². The van der Waals surface area contributed by atoms with Crippen LogP contribution in [0.4, 0.5) is 17.1 Å². The summed E-state index contributed by atoms with van der Waals surface area (Å²) in [6.07, 6.45) is 3.02. The van der Waals surface area contributed by atoms with Crippen molar-refractivity contribution in [2.24, 2.45) is 5.73 Å². The molecule has 2 aliphatic heterocycles. The van der Waals surface area contributed by atoms with Crippen molar-refractivity contribution >= 4 is 22.8 Å². The van der Waals surface area contributed by atoms with Gasteiger partial charge >= 0.3 is 0 Å². The van der Waals surface area contributed by atoms with Crippen LogP contribution in [0.1, 0.15) is 0 Å². The summed E-state index contributed by atoms with van der Waals surface area (Å²) < 4.78 is 11.7. The second-order valence-corrected chi connectivity index (χ2v) is 5.98. The lowest BCUT2D eigenvalue weighted by molar-refractivity contribution is -0.111. The monoisotopic (exact) mass is 335 g/mol. The molecule has 1 aliphatic carbocycles. The molecule has 2 aromatic carbocycles. The molecule has 0 saturated carbocycles. The highest BCUT2D eigenvalue weighted by molar-refractivity contribution is 6.05. The van der Waals surface area contributed by atoms with Crippen molar-refractivity contribution in [2.75, 3.05) is 10.6 Å². The molecule has 0 amide bonds. The van der Waals surface area contributed by atoms with E-state index < -0.39 is 0 Å². The minimum absolute atomic E-state index is 0.0497. The molecule has 5 rings (SSSR count). The van der Waals surface area contributed by atoms with Crippen molar-refractivity contribution in [1.29, 1.82) is 0 Å². The van der Waals surface area contributed by atoms with Gasteiger partial charge in [-0.3, -0.25) is 4.79 Å². The van der Waals surface area contributed by atoms with Crippen molar-refractivity contribution in [1.82, 2.24) is 0 Å². The first kappa shape index (κ1) is 13.8. The zero-order valence-electron chi connectivity index (χ0n) is 12.9. The Hall–Kier alpha value is -3.61. The number of ketones is 1. The highest BCUT2D eigenvalue weighted by Gasteiger charge is 2.30. The number of nitrogens with two attached hydrogens (primary N) is 1. The molecule has 0 spiro atoms. The van der Waals surface area contributed by atoms with Gasteiger partial charge in [-0.2, -0.15) is 0 Å². The number of ether oxygens (including phenoxy) is 2. The van der Waals surface area contributed by atoms with Gasteiger partial charge < -0.3 is 30.9 Å². The van der Waals surface area contributed by atoms with E-state index in [0.29, 0.717) is 28.7 Å². The maximum Gasteiger partial charge on any atom is 0.204 e. The molecule has 0 fully saturated rings. The fourth-order valence-corrected chi connectivity index (χ4v) is 3.07. The fourth-order valence-electron chi connectivity index (χ4n) is 3.07. The van der Waals surface area contributed by atoms with Gasteiger partial charge in [0.25, 0.3) is 0 Å². The number of para-hydroxylation sites is 1. The number of fused-ring (bicyclic) bond motifs is 4. The standard InChI is InChI=1S/C18H13N3O4/c19-8-4-10-15(6-14(8)23)24-16-7-17-12(5-11(16)21-10)20-9-2-1-3-13(22)18(9)25-17/h1-7,10,20-22H,19H2. The predicted molar refractivity (Wildman–Crippen MR) is 91.3 cm³/mol. The average Bonchev–Trinajstić information content (AvgIpc) is 2.58. The average molecular weight is 335 g/mol. The molecule has 0 bridgehead atoms. The number of aromatic hydroxyl groups is 1. The number of hydrogen-bond donors (Lipinski definition) is 4. The summed E-state index contributed by atoms with van der Waals surface area (Å²) in [6, 6.07) is 8.39. The molecule has 1 atom stereocenters. The topological polar surface area (TPSA) is 106 Å². The van der Waals surface area contributed by atoms with Crippen molar-refractivity contribution in [3.8, 4) is 23.0 Å². The first-order chi connectivity index (χ1) is 12.1. The molecule has 0 aromatic heterocycles. The van der Waals surface area contributed by atoms with Crippen LogP contribution < -0.4 is 25.8 Å². The number of nitrogens with one attached hydrogen (secondary N) is 2. The van der Waals surface area contributed by atoms with Crippen molar-refractivity contribution < 1.29 is 19.4 Å². The largest absolute Gasteiger partial charge is 0.504 e. The summed E-state index contributed by atoms with van der Waals surface area (Å²) in [4.78, 5) is 11.7. The predicted octanol–water partition coefficient (Wildman–Crippen LogP) is 2.72. The molecule has 25 heavy (non-hydrogen) atoms. The molecule has 3 aliphatic rings. The van der Waals surface area contributed by atoms with E-state index in [-0.39, 0.29) is 23.3 Å². The number of rotatable bonds is 0. The van der Waals surface area contributed by atoms with Gasteiger partial charge in [-0.1, -0.05) is 6.07 Å². The van der Waals surface area contributed by atoms with Crippen LogP contribution in [-0.4, -0.2) is 16.9 Å². The van der Waals surface area contributed by atoms with Crippen molar-refractivity contribution in [3.63, 3.8) is 0 Å². The molecule has 7 nitrogen and oxygen atoms in total. The van der Waals surface area contributed by atoms with Crippen LogP contribution in [0.5, 0.6) is 23.0 Å². The SMILES string of the molecule is NC1=CC2Nc3cc4c(cc3OC2=CC1=O)Oc1c(O)cccc1N4. The van der Waals surface area contributed by atoms with E-state index in [1.165, 1.54) is 6.08 Å². The Morgan fingerprint density at radius 3 is 2.80 bits per heavy atom. The minimum Gasteiger partial charge on any atom is -0.504 e. The molecule has 5 N–H and O–H groups in total. The van der Waals surface area contributed by atoms with Crippen LogP contribution in [0.25, 0.3) is 0 Å². The van der Waals surface area contributed by atoms with E-state index in [2.05, 4.69) is 10.6 Å². The molecule has 7 heteroatoms. The smallest absolute Gasteiger partial charge is 0.204 e. The highest BCUT2D eigenvalue weighted by Crippen LogP contribution is 2.50. The van der Waals surface area contributed by atoms with Gasteiger partial charge in [0.2, 0.25) is 5.78 Å². The molecular weight excluding hydrogens is 322 g/mol. The van der Waals surface area contributed by atoms with E-state index in [1.54, 1.807) is 24.3 Å². The van der Waals surface area contributed by atoms with Gasteiger partial charge in [-0.15, -0.1) is 0 Å². The summed E-state index contributed by atoms with van der Waals surface area (Å²) in [7, 11) is 0. The summed E-state index contributed by atoms with van der Waals surface area (Å²) in [5, 5.41) is 16.5. The Balaban J connectivity index is 1.56. The number of allylic oxidation sites excluding steroid dienone is 1. The van der Waals surface area contributed by atoms with Crippen LogP contribution in [-0.2, 0) is 4.79 Å². The lowest BCUT2D eigenvalue weighted by Gasteiger charge is -2.31. The summed E-state index contributed by atoms with van der Waals surface area (Å²) >= 11 is 0. The fraction of sp³-hybridized carbons (Fsp3) is 0.0556. The number of benzene rings is 2. The number of phenolic OH excluding ortho intramolecular Hbond substituents is 1. The Morgan fingerprint density at radius 2 is 1.92 bits per heavy atom. The summed E-state index contributed by atoms with van der Waals surface area (Å²) in [6.45, 7) is 0. The lowest BCUT2D eigenvalue weighted by atomic mass is 10.0.